The van der Waals surface area contributed by atoms with Gasteiger partial charge in [-0.2, -0.15) is 0 Å². The first-order chi connectivity index (χ1) is 18.4. The average Bonchev–Trinajstić information content (AvgIpc) is 2.88. The van der Waals surface area contributed by atoms with Crippen molar-refractivity contribution in [2.24, 2.45) is 0 Å². The number of amides is 2. The fourth-order valence-electron chi connectivity index (χ4n) is 4.50. The van der Waals surface area contributed by atoms with Gasteiger partial charge in [0.05, 0.1) is 22.2 Å². The highest BCUT2D eigenvalue weighted by molar-refractivity contribution is 9.10. The Labute approximate surface area is 237 Å². The maximum absolute atomic E-state index is 13.6. The van der Waals surface area contributed by atoms with Crippen molar-refractivity contribution in [3.63, 3.8) is 0 Å². The summed E-state index contributed by atoms with van der Waals surface area (Å²) in [5.74, 6) is -0.590. The maximum atomic E-state index is 13.6. The quantitative estimate of drug-likeness (QED) is 0.351. The molecule has 0 radical (unpaired) electrons. The Balaban J connectivity index is 1.81. The van der Waals surface area contributed by atoms with E-state index >= 15 is 0 Å². The molecule has 0 saturated heterocycles. The number of carbonyl (C=O) groups excluding carboxylic acids is 2. The first kappa shape index (κ1) is 28.5. The number of anilines is 1. The van der Waals surface area contributed by atoms with Gasteiger partial charge in [0.1, 0.15) is 6.61 Å². The number of rotatable bonds is 7. The number of halogens is 1. The van der Waals surface area contributed by atoms with Crippen molar-refractivity contribution >= 4 is 43.6 Å². The van der Waals surface area contributed by atoms with Crippen LogP contribution < -0.4 is 10.2 Å². The molecule has 1 heterocycles. The lowest BCUT2D eigenvalue weighted by atomic mass is 9.94. The van der Waals surface area contributed by atoms with Crippen molar-refractivity contribution < 1.29 is 22.7 Å². The highest BCUT2D eigenvalue weighted by Crippen LogP contribution is 2.38. The van der Waals surface area contributed by atoms with Crippen molar-refractivity contribution in [1.82, 2.24) is 9.62 Å². The van der Waals surface area contributed by atoms with Crippen molar-refractivity contribution in [3.05, 3.63) is 105 Å². The van der Waals surface area contributed by atoms with Gasteiger partial charge in [0, 0.05) is 24.3 Å². The molecular formula is C29H30BrN3O5S. The number of esters is 1. The van der Waals surface area contributed by atoms with Gasteiger partial charge in [-0.3, -0.25) is 4.90 Å². The van der Waals surface area contributed by atoms with Crippen LogP contribution in [0.5, 0.6) is 0 Å². The van der Waals surface area contributed by atoms with Crippen LogP contribution in [-0.4, -0.2) is 38.8 Å². The summed E-state index contributed by atoms with van der Waals surface area (Å²) in [5.41, 5.74) is 4.58. The fraction of sp³-hybridized carbons (Fsp3) is 0.241. The lowest BCUT2D eigenvalue weighted by molar-refractivity contribution is -0.140. The van der Waals surface area contributed by atoms with Crippen LogP contribution in [0.25, 0.3) is 0 Å². The lowest BCUT2D eigenvalue weighted by Crippen LogP contribution is -2.48. The highest BCUT2D eigenvalue weighted by atomic mass is 79.9. The molecule has 8 nitrogen and oxygen atoms in total. The van der Waals surface area contributed by atoms with Gasteiger partial charge in [0.2, 0.25) is 10.0 Å². The van der Waals surface area contributed by atoms with Crippen LogP contribution in [0.4, 0.5) is 10.5 Å². The monoisotopic (exact) mass is 611 g/mol. The molecule has 1 atom stereocenters. The summed E-state index contributed by atoms with van der Waals surface area (Å²) in [7, 11) is -0.784. The molecule has 3 aromatic carbocycles. The smallest absolute Gasteiger partial charge is 0.338 e. The van der Waals surface area contributed by atoms with E-state index in [4.69, 9.17) is 4.74 Å². The Morgan fingerprint density at radius 1 is 1.03 bits per heavy atom. The minimum atomic E-state index is -3.69. The summed E-state index contributed by atoms with van der Waals surface area (Å²) in [4.78, 5) is 28.7. The van der Waals surface area contributed by atoms with E-state index in [0.29, 0.717) is 21.4 Å². The van der Waals surface area contributed by atoms with Crippen molar-refractivity contribution in [3.8, 4) is 0 Å². The summed E-state index contributed by atoms with van der Waals surface area (Å²) in [6, 6.07) is 18.3. The van der Waals surface area contributed by atoms with Crippen LogP contribution in [0.3, 0.4) is 0 Å². The van der Waals surface area contributed by atoms with Gasteiger partial charge in [-0.1, -0.05) is 70.0 Å². The standard InChI is InChI=1S/C29H30BrN3O5S/c1-18-11-14-25(19(2)15-18)33-20(3)26(28(34)38-17-21-9-7-6-8-10-21)27(31-29(33)35)23-13-12-22(16-24(23)30)39(36,37)32(4)5/h6-16,27H,17H2,1-5H3,(H,31,35). The second-order valence-corrected chi connectivity index (χ2v) is 12.5. The summed E-state index contributed by atoms with van der Waals surface area (Å²) >= 11 is 3.47. The van der Waals surface area contributed by atoms with E-state index in [9.17, 15) is 18.0 Å². The van der Waals surface area contributed by atoms with Gasteiger partial charge in [-0.15, -0.1) is 0 Å². The summed E-state index contributed by atoms with van der Waals surface area (Å²) in [6.45, 7) is 5.64. The zero-order valence-electron chi connectivity index (χ0n) is 22.4. The third-order valence-corrected chi connectivity index (χ3v) is 9.07. The second kappa shape index (κ2) is 11.3. The molecule has 0 saturated carbocycles. The van der Waals surface area contributed by atoms with Crippen LogP contribution in [0.1, 0.15) is 35.2 Å². The van der Waals surface area contributed by atoms with Crippen molar-refractivity contribution in [2.75, 3.05) is 19.0 Å². The van der Waals surface area contributed by atoms with Crippen molar-refractivity contribution in [1.29, 1.82) is 0 Å². The number of ether oxygens (including phenoxy) is 1. The maximum Gasteiger partial charge on any atom is 0.338 e. The summed E-state index contributed by atoms with van der Waals surface area (Å²) in [6.07, 6.45) is 0. The molecular weight excluding hydrogens is 582 g/mol. The Morgan fingerprint density at radius 3 is 2.33 bits per heavy atom. The number of allylic oxidation sites excluding steroid dienone is 1. The van der Waals surface area contributed by atoms with Crippen LogP contribution in [0.15, 0.2) is 87.4 Å². The molecule has 0 fully saturated rings. The number of hydrogen-bond acceptors (Lipinski definition) is 5. The predicted molar refractivity (Wildman–Crippen MR) is 154 cm³/mol. The average molecular weight is 613 g/mol. The molecule has 1 N–H and O–H groups in total. The van der Waals surface area contributed by atoms with Crippen molar-refractivity contribution in [2.45, 2.75) is 38.3 Å². The molecule has 3 aromatic rings. The van der Waals surface area contributed by atoms with Crippen LogP contribution in [-0.2, 0) is 26.2 Å². The zero-order chi connectivity index (χ0) is 28.5. The molecule has 204 valence electrons. The molecule has 0 aliphatic carbocycles. The Kier molecular flexibility index (Phi) is 8.29. The van der Waals surface area contributed by atoms with E-state index in [-0.39, 0.29) is 17.1 Å². The molecule has 2 amide bonds. The van der Waals surface area contributed by atoms with Gasteiger partial charge in [0.15, 0.2) is 0 Å². The fourth-order valence-corrected chi connectivity index (χ4v) is 6.19. The molecule has 1 aliphatic rings. The van der Waals surface area contributed by atoms with Gasteiger partial charge in [0.25, 0.3) is 0 Å². The molecule has 4 rings (SSSR count). The number of benzene rings is 3. The largest absolute Gasteiger partial charge is 0.457 e. The highest BCUT2D eigenvalue weighted by Gasteiger charge is 2.38. The lowest BCUT2D eigenvalue weighted by Gasteiger charge is -2.36. The summed E-state index contributed by atoms with van der Waals surface area (Å²) in [5, 5.41) is 2.94. The third kappa shape index (κ3) is 5.78. The van der Waals surface area contributed by atoms with E-state index in [2.05, 4.69) is 21.2 Å². The third-order valence-electron chi connectivity index (χ3n) is 6.57. The number of aryl methyl sites for hydroxylation is 2. The van der Waals surface area contributed by atoms with Gasteiger partial charge in [-0.05, 0) is 55.7 Å². The van der Waals surface area contributed by atoms with Gasteiger partial charge < -0.3 is 10.1 Å². The molecule has 10 heteroatoms. The normalized spacial score (nSPS) is 15.9. The Morgan fingerprint density at radius 2 is 1.72 bits per heavy atom. The predicted octanol–water partition coefficient (Wildman–Crippen LogP) is 5.60. The number of carbonyl (C=O) groups is 2. The molecule has 39 heavy (non-hydrogen) atoms. The molecule has 1 unspecified atom stereocenters. The Hall–Kier alpha value is -3.47. The van der Waals surface area contributed by atoms with Crippen LogP contribution >= 0.6 is 15.9 Å². The Bertz CT molecular complexity index is 1570. The first-order valence-corrected chi connectivity index (χ1v) is 14.5. The van der Waals surface area contributed by atoms with E-state index in [1.165, 1.54) is 31.1 Å². The van der Waals surface area contributed by atoms with Gasteiger partial charge in [-0.25, -0.2) is 22.3 Å². The van der Waals surface area contributed by atoms with Crippen LogP contribution in [0, 0.1) is 13.8 Å². The van der Waals surface area contributed by atoms with Gasteiger partial charge >= 0.3 is 12.0 Å². The molecule has 0 aromatic heterocycles. The minimum Gasteiger partial charge on any atom is -0.457 e. The number of sulfonamides is 1. The van der Waals surface area contributed by atoms with Crippen LogP contribution in [0.2, 0.25) is 0 Å². The second-order valence-electron chi connectivity index (χ2n) is 9.54. The number of nitrogens with zero attached hydrogens (tertiary/aromatic N) is 2. The molecule has 0 spiro atoms. The van der Waals surface area contributed by atoms with E-state index in [0.717, 1.165) is 21.0 Å². The SMILES string of the molecule is CC1=C(C(=O)OCc2ccccc2)C(c2ccc(S(=O)(=O)N(C)C)cc2Br)NC(=O)N1c1ccc(C)cc1C. The molecule has 0 bridgehead atoms. The summed E-state index contributed by atoms with van der Waals surface area (Å²) < 4.78 is 32.6. The zero-order valence-corrected chi connectivity index (χ0v) is 24.8. The van der Waals surface area contributed by atoms with E-state index in [1.54, 1.807) is 13.0 Å². The number of hydrogen-bond donors (Lipinski definition) is 1. The van der Waals surface area contributed by atoms with E-state index in [1.807, 2.05) is 62.4 Å². The van der Waals surface area contributed by atoms with E-state index < -0.39 is 28.1 Å². The minimum absolute atomic E-state index is 0.0574. The number of urea groups is 1. The first-order valence-electron chi connectivity index (χ1n) is 12.2. The molecule has 1 aliphatic heterocycles. The topological polar surface area (TPSA) is 96.0 Å². The number of nitrogens with one attached hydrogen (secondary N) is 1.